The van der Waals surface area contributed by atoms with Crippen molar-refractivity contribution in [2.24, 2.45) is 5.92 Å². The summed E-state index contributed by atoms with van der Waals surface area (Å²) in [5.41, 5.74) is 0.325. The molecule has 2 atom stereocenters. The predicted molar refractivity (Wildman–Crippen MR) is 88.6 cm³/mol. The minimum atomic E-state index is -0.638. The van der Waals surface area contributed by atoms with Gasteiger partial charge >= 0.3 is 0 Å². The van der Waals surface area contributed by atoms with Gasteiger partial charge in [0.2, 0.25) is 5.91 Å². The van der Waals surface area contributed by atoms with Gasteiger partial charge in [-0.1, -0.05) is 20.8 Å². The summed E-state index contributed by atoms with van der Waals surface area (Å²) in [5.74, 6) is -1.08. The van der Waals surface area contributed by atoms with Crippen LogP contribution >= 0.6 is 0 Å². The van der Waals surface area contributed by atoms with Crippen molar-refractivity contribution in [1.82, 2.24) is 16.0 Å². The number of amides is 2. The van der Waals surface area contributed by atoms with Gasteiger partial charge in [-0.2, -0.15) is 0 Å². The van der Waals surface area contributed by atoms with Crippen LogP contribution in [0, 0.1) is 11.7 Å². The lowest BCUT2D eigenvalue weighted by atomic mass is 10.0. The lowest BCUT2D eigenvalue weighted by molar-refractivity contribution is -0.124. The average molecular weight is 323 g/mol. The maximum absolute atomic E-state index is 12.9. The molecule has 0 aliphatic rings. The van der Waals surface area contributed by atoms with Gasteiger partial charge < -0.3 is 16.0 Å². The zero-order chi connectivity index (χ0) is 17.4. The molecule has 2 amide bonds. The molecule has 0 aromatic heterocycles. The van der Waals surface area contributed by atoms with Crippen molar-refractivity contribution in [3.05, 3.63) is 35.6 Å². The smallest absolute Gasteiger partial charge is 0.251 e. The van der Waals surface area contributed by atoms with E-state index in [1.165, 1.54) is 24.3 Å². The van der Waals surface area contributed by atoms with Gasteiger partial charge in [-0.15, -0.1) is 0 Å². The first kappa shape index (κ1) is 19.1. The fourth-order valence-corrected chi connectivity index (χ4v) is 2.15. The molecule has 1 aromatic carbocycles. The Labute approximate surface area is 137 Å². The second-order valence-corrected chi connectivity index (χ2v) is 5.91. The Kier molecular flexibility index (Phi) is 7.68. The Morgan fingerprint density at radius 3 is 2.26 bits per heavy atom. The van der Waals surface area contributed by atoms with Gasteiger partial charge in [0.1, 0.15) is 11.9 Å². The van der Waals surface area contributed by atoms with E-state index >= 15 is 0 Å². The lowest BCUT2D eigenvalue weighted by Gasteiger charge is -2.23. The molecule has 1 aromatic rings. The molecule has 0 bridgehead atoms. The van der Waals surface area contributed by atoms with Gasteiger partial charge in [0, 0.05) is 18.2 Å². The number of hydrogen-bond donors (Lipinski definition) is 3. The molecule has 3 N–H and O–H groups in total. The van der Waals surface area contributed by atoms with Gasteiger partial charge in [0.05, 0.1) is 0 Å². The largest absolute Gasteiger partial charge is 0.353 e. The first-order valence-corrected chi connectivity index (χ1v) is 7.92. The van der Waals surface area contributed by atoms with Gasteiger partial charge in [0.15, 0.2) is 0 Å². The molecule has 0 saturated heterocycles. The third kappa shape index (κ3) is 6.36. The maximum Gasteiger partial charge on any atom is 0.251 e. The van der Waals surface area contributed by atoms with E-state index in [4.69, 9.17) is 0 Å². The van der Waals surface area contributed by atoms with E-state index < -0.39 is 17.8 Å². The van der Waals surface area contributed by atoms with Crippen LogP contribution in [-0.2, 0) is 4.79 Å². The normalized spacial score (nSPS) is 13.5. The molecule has 0 radical (unpaired) electrons. The van der Waals surface area contributed by atoms with Crippen LogP contribution in [0.3, 0.4) is 0 Å². The molecule has 0 heterocycles. The molecule has 0 spiro atoms. The van der Waals surface area contributed by atoms with Gasteiger partial charge in [0.25, 0.3) is 5.91 Å². The summed E-state index contributed by atoms with van der Waals surface area (Å²) in [4.78, 5) is 24.5. The molecule has 6 heteroatoms. The molecule has 0 aliphatic heterocycles. The zero-order valence-electron chi connectivity index (χ0n) is 14.2. The van der Waals surface area contributed by atoms with Crippen molar-refractivity contribution in [2.75, 3.05) is 13.1 Å². The molecule has 0 aliphatic carbocycles. The van der Waals surface area contributed by atoms with E-state index in [2.05, 4.69) is 16.0 Å². The van der Waals surface area contributed by atoms with E-state index in [0.29, 0.717) is 12.1 Å². The second kappa shape index (κ2) is 9.25. The van der Waals surface area contributed by atoms with E-state index in [1.807, 2.05) is 27.7 Å². The third-order valence-corrected chi connectivity index (χ3v) is 3.48. The summed E-state index contributed by atoms with van der Waals surface area (Å²) in [6, 6.07) is 4.75. The molecule has 5 nitrogen and oxygen atoms in total. The molecule has 0 fully saturated rings. The van der Waals surface area contributed by atoms with Crippen LogP contribution in [0.2, 0.25) is 0 Å². The van der Waals surface area contributed by atoms with Crippen LogP contribution in [-0.4, -0.2) is 37.0 Å². The highest BCUT2D eigenvalue weighted by molar-refractivity contribution is 5.97. The maximum atomic E-state index is 12.9. The average Bonchev–Trinajstić information content (AvgIpc) is 2.50. The first-order chi connectivity index (χ1) is 10.8. The molecule has 1 unspecified atom stereocenters. The topological polar surface area (TPSA) is 70.2 Å². The number of carbonyl (C=O) groups is 2. The number of benzene rings is 1. The predicted octanol–water partition coefficient (Wildman–Crippen LogP) is 1.69. The number of likely N-dealkylation sites (N-methyl/N-ethyl adjacent to an activating group) is 1. The summed E-state index contributed by atoms with van der Waals surface area (Å²) in [5, 5.41) is 8.76. The lowest BCUT2D eigenvalue weighted by Crippen LogP contribution is -2.51. The van der Waals surface area contributed by atoms with Crippen molar-refractivity contribution in [3.8, 4) is 0 Å². The van der Waals surface area contributed by atoms with Gasteiger partial charge in [-0.3, -0.25) is 9.59 Å². The van der Waals surface area contributed by atoms with Crippen LogP contribution in [0.25, 0.3) is 0 Å². The van der Waals surface area contributed by atoms with Crippen LogP contribution in [0.5, 0.6) is 0 Å². The Hall–Kier alpha value is -1.95. The SMILES string of the molecule is CCN[C@H](C)CNC(=O)C(NC(=O)c1ccc(F)cc1)C(C)C. The van der Waals surface area contributed by atoms with Crippen LogP contribution in [0.1, 0.15) is 38.1 Å². The van der Waals surface area contributed by atoms with Crippen molar-refractivity contribution in [1.29, 1.82) is 0 Å². The highest BCUT2D eigenvalue weighted by Gasteiger charge is 2.24. The fourth-order valence-electron chi connectivity index (χ4n) is 2.15. The number of carbonyl (C=O) groups excluding carboxylic acids is 2. The number of rotatable bonds is 8. The summed E-state index contributed by atoms with van der Waals surface area (Å²) < 4.78 is 12.9. The number of halogens is 1. The van der Waals surface area contributed by atoms with E-state index in [9.17, 15) is 14.0 Å². The number of nitrogens with one attached hydrogen (secondary N) is 3. The van der Waals surface area contributed by atoms with Crippen LogP contribution in [0.4, 0.5) is 4.39 Å². The van der Waals surface area contributed by atoms with Gasteiger partial charge in [-0.05, 0) is 43.7 Å². The second-order valence-electron chi connectivity index (χ2n) is 5.91. The molecule has 0 saturated carbocycles. The van der Waals surface area contributed by atoms with Crippen molar-refractivity contribution in [2.45, 2.75) is 39.8 Å². The minimum absolute atomic E-state index is 0.0613. The van der Waals surface area contributed by atoms with Crippen LogP contribution in [0.15, 0.2) is 24.3 Å². The fraction of sp³-hybridized carbons (Fsp3) is 0.529. The summed E-state index contributed by atoms with van der Waals surface area (Å²) in [6.07, 6.45) is 0. The van der Waals surface area contributed by atoms with Crippen LogP contribution < -0.4 is 16.0 Å². The monoisotopic (exact) mass is 323 g/mol. The highest BCUT2D eigenvalue weighted by atomic mass is 19.1. The zero-order valence-corrected chi connectivity index (χ0v) is 14.2. The van der Waals surface area contributed by atoms with Crippen molar-refractivity contribution < 1.29 is 14.0 Å². The standard InChI is InChI=1S/C17H26FN3O2/c1-5-19-12(4)10-20-17(23)15(11(2)3)21-16(22)13-6-8-14(18)9-7-13/h6-9,11-12,15,19H,5,10H2,1-4H3,(H,20,23)(H,21,22)/t12-,15?/m1/s1. The molecule has 1 rings (SSSR count). The van der Waals surface area contributed by atoms with Crippen molar-refractivity contribution >= 4 is 11.8 Å². The van der Waals surface area contributed by atoms with E-state index in [0.717, 1.165) is 6.54 Å². The quantitative estimate of drug-likeness (QED) is 0.682. The molecular weight excluding hydrogens is 297 g/mol. The Bertz CT molecular complexity index is 517. The molecule has 23 heavy (non-hydrogen) atoms. The Balaban J connectivity index is 2.65. The highest BCUT2D eigenvalue weighted by Crippen LogP contribution is 2.06. The van der Waals surface area contributed by atoms with Crippen molar-refractivity contribution in [3.63, 3.8) is 0 Å². The Morgan fingerprint density at radius 1 is 1.13 bits per heavy atom. The molecular formula is C17H26FN3O2. The number of hydrogen-bond acceptors (Lipinski definition) is 3. The summed E-state index contributed by atoms with van der Waals surface area (Å²) in [6.45, 7) is 9.02. The summed E-state index contributed by atoms with van der Waals surface area (Å²) >= 11 is 0. The summed E-state index contributed by atoms with van der Waals surface area (Å²) in [7, 11) is 0. The van der Waals surface area contributed by atoms with E-state index in [1.54, 1.807) is 0 Å². The Morgan fingerprint density at radius 2 is 1.74 bits per heavy atom. The van der Waals surface area contributed by atoms with Gasteiger partial charge in [-0.25, -0.2) is 4.39 Å². The molecule has 128 valence electrons. The van der Waals surface area contributed by atoms with E-state index in [-0.39, 0.29) is 17.9 Å². The first-order valence-electron chi connectivity index (χ1n) is 7.92. The minimum Gasteiger partial charge on any atom is -0.353 e. The third-order valence-electron chi connectivity index (χ3n) is 3.48.